The predicted octanol–water partition coefficient (Wildman–Crippen LogP) is 0.989. The lowest BCUT2D eigenvalue weighted by atomic mass is 10.3. The van der Waals surface area contributed by atoms with Gasteiger partial charge >= 0.3 is 0 Å². The highest BCUT2D eigenvalue weighted by atomic mass is 16.5. The van der Waals surface area contributed by atoms with E-state index < -0.39 is 0 Å². The minimum atomic E-state index is 0.722. The third-order valence-electron chi connectivity index (χ3n) is 2.44. The Morgan fingerprint density at radius 1 is 1.24 bits per heavy atom. The van der Waals surface area contributed by atoms with Crippen LogP contribution in [0, 0.1) is 0 Å². The van der Waals surface area contributed by atoms with Gasteiger partial charge in [-0.1, -0.05) is 20.3 Å². The molecule has 17 heavy (non-hydrogen) atoms. The molecule has 0 aliphatic rings. The molecule has 1 rings (SSSR count). The van der Waals surface area contributed by atoms with Crippen LogP contribution in [0.25, 0.3) is 0 Å². The summed E-state index contributed by atoms with van der Waals surface area (Å²) in [5.41, 5.74) is 0. The van der Waals surface area contributed by atoms with Crippen molar-refractivity contribution in [1.82, 2.24) is 25.5 Å². The Kier molecular flexibility index (Phi) is 7.49. The molecule has 0 unspecified atom stereocenters. The van der Waals surface area contributed by atoms with Gasteiger partial charge in [0.2, 0.25) is 0 Å². The topological polar surface area (TPSA) is 64.9 Å². The molecule has 0 bridgehead atoms. The average molecular weight is 241 g/mol. The second kappa shape index (κ2) is 9.07. The van der Waals surface area contributed by atoms with Crippen molar-refractivity contribution < 1.29 is 4.74 Å². The smallest absolute Gasteiger partial charge is 0.165 e. The largest absolute Gasteiger partial charge is 0.381 e. The third-order valence-corrected chi connectivity index (χ3v) is 2.44. The van der Waals surface area contributed by atoms with Gasteiger partial charge in [0.1, 0.15) is 0 Å². The minimum absolute atomic E-state index is 0.722. The molecule has 1 aromatic heterocycles. The Balaban J connectivity index is 2.15. The van der Waals surface area contributed by atoms with Crippen molar-refractivity contribution in [3.8, 4) is 0 Å². The van der Waals surface area contributed by atoms with Crippen LogP contribution in [-0.4, -0.2) is 40.0 Å². The van der Waals surface area contributed by atoms with E-state index in [0.29, 0.717) is 0 Å². The van der Waals surface area contributed by atoms with E-state index in [1.54, 1.807) is 0 Å². The SMILES string of the molecule is CCCCOCCCn1nnnc1CNCC. The van der Waals surface area contributed by atoms with Gasteiger partial charge in [-0.2, -0.15) is 0 Å². The van der Waals surface area contributed by atoms with Gasteiger partial charge < -0.3 is 10.1 Å². The third kappa shape index (κ3) is 5.74. The van der Waals surface area contributed by atoms with E-state index in [4.69, 9.17) is 4.74 Å². The van der Waals surface area contributed by atoms with Crippen molar-refractivity contribution in [3.05, 3.63) is 5.82 Å². The first-order chi connectivity index (χ1) is 8.38. The molecule has 1 N–H and O–H groups in total. The van der Waals surface area contributed by atoms with Gasteiger partial charge in [0.15, 0.2) is 5.82 Å². The molecule has 98 valence electrons. The highest BCUT2D eigenvalue weighted by Gasteiger charge is 2.04. The molecule has 0 aliphatic carbocycles. The van der Waals surface area contributed by atoms with E-state index in [0.717, 1.165) is 51.5 Å². The van der Waals surface area contributed by atoms with Crippen molar-refractivity contribution in [3.63, 3.8) is 0 Å². The van der Waals surface area contributed by atoms with Gasteiger partial charge in [-0.3, -0.25) is 0 Å². The van der Waals surface area contributed by atoms with Crippen molar-refractivity contribution in [1.29, 1.82) is 0 Å². The highest BCUT2D eigenvalue weighted by molar-refractivity contribution is 4.79. The standard InChI is InChI=1S/C11H23N5O/c1-3-5-8-17-9-6-7-16-11(10-12-4-2)13-14-15-16/h12H,3-10H2,1-2H3. The highest BCUT2D eigenvalue weighted by Crippen LogP contribution is 1.96. The molecule has 6 nitrogen and oxygen atoms in total. The fourth-order valence-corrected chi connectivity index (χ4v) is 1.43. The zero-order valence-electron chi connectivity index (χ0n) is 10.9. The van der Waals surface area contributed by atoms with Crippen molar-refractivity contribution in [2.45, 2.75) is 46.2 Å². The second-order valence-electron chi connectivity index (χ2n) is 3.92. The number of nitrogens with zero attached hydrogens (tertiary/aromatic N) is 4. The van der Waals surface area contributed by atoms with Gasteiger partial charge in [-0.15, -0.1) is 5.10 Å². The lowest BCUT2D eigenvalue weighted by molar-refractivity contribution is 0.125. The van der Waals surface area contributed by atoms with Crippen LogP contribution in [-0.2, 0) is 17.8 Å². The zero-order chi connectivity index (χ0) is 12.3. The lowest BCUT2D eigenvalue weighted by Crippen LogP contribution is -2.17. The van der Waals surface area contributed by atoms with Gasteiger partial charge in [0.25, 0.3) is 0 Å². The molecule has 0 radical (unpaired) electrons. The van der Waals surface area contributed by atoms with Crippen molar-refractivity contribution >= 4 is 0 Å². The summed E-state index contributed by atoms with van der Waals surface area (Å²) in [5, 5.41) is 14.8. The molecule has 0 aromatic carbocycles. The maximum atomic E-state index is 5.50. The van der Waals surface area contributed by atoms with Crippen LogP contribution in [0.5, 0.6) is 0 Å². The first-order valence-electron chi connectivity index (χ1n) is 6.42. The number of hydrogen-bond donors (Lipinski definition) is 1. The molecular formula is C11H23N5O. The van der Waals surface area contributed by atoms with E-state index in [1.807, 2.05) is 4.68 Å². The van der Waals surface area contributed by atoms with Crippen LogP contribution in [0.4, 0.5) is 0 Å². The summed E-state index contributed by atoms with van der Waals surface area (Å²) in [6.07, 6.45) is 3.27. The second-order valence-corrected chi connectivity index (χ2v) is 3.92. The Bertz CT molecular complexity index is 289. The minimum Gasteiger partial charge on any atom is -0.381 e. The van der Waals surface area contributed by atoms with E-state index in [9.17, 15) is 0 Å². The molecule has 0 saturated heterocycles. The van der Waals surface area contributed by atoms with E-state index >= 15 is 0 Å². The number of hydrogen-bond acceptors (Lipinski definition) is 5. The summed E-state index contributed by atoms with van der Waals surface area (Å²) in [4.78, 5) is 0. The van der Waals surface area contributed by atoms with E-state index in [1.165, 1.54) is 6.42 Å². The number of unbranched alkanes of at least 4 members (excludes halogenated alkanes) is 1. The summed E-state index contributed by atoms with van der Waals surface area (Å²) in [5.74, 6) is 0.889. The fourth-order valence-electron chi connectivity index (χ4n) is 1.43. The van der Waals surface area contributed by atoms with Crippen molar-refractivity contribution in [2.75, 3.05) is 19.8 Å². The van der Waals surface area contributed by atoms with Crippen LogP contribution < -0.4 is 5.32 Å². The predicted molar refractivity (Wildman–Crippen MR) is 65.5 cm³/mol. The summed E-state index contributed by atoms with van der Waals surface area (Å²) in [6.45, 7) is 8.33. The summed E-state index contributed by atoms with van der Waals surface area (Å²) < 4.78 is 7.33. The maximum absolute atomic E-state index is 5.50. The number of nitrogens with one attached hydrogen (secondary N) is 1. The molecule has 0 fully saturated rings. The molecule has 0 amide bonds. The first-order valence-corrected chi connectivity index (χ1v) is 6.42. The molecule has 0 aliphatic heterocycles. The van der Waals surface area contributed by atoms with Crippen molar-refractivity contribution in [2.24, 2.45) is 0 Å². The zero-order valence-corrected chi connectivity index (χ0v) is 10.9. The van der Waals surface area contributed by atoms with E-state index in [-0.39, 0.29) is 0 Å². The Morgan fingerprint density at radius 3 is 2.82 bits per heavy atom. The van der Waals surface area contributed by atoms with Crippen LogP contribution >= 0.6 is 0 Å². The fraction of sp³-hybridized carbons (Fsp3) is 0.909. The van der Waals surface area contributed by atoms with Crippen LogP contribution in [0.3, 0.4) is 0 Å². The molecule has 0 saturated carbocycles. The average Bonchev–Trinajstić information content (AvgIpc) is 2.78. The monoisotopic (exact) mass is 241 g/mol. The van der Waals surface area contributed by atoms with Crippen LogP contribution in [0.1, 0.15) is 38.9 Å². The number of rotatable bonds is 10. The summed E-state index contributed by atoms with van der Waals surface area (Å²) >= 11 is 0. The molecule has 1 aromatic rings. The van der Waals surface area contributed by atoms with Crippen LogP contribution in [0.2, 0.25) is 0 Å². The number of aryl methyl sites for hydroxylation is 1. The lowest BCUT2D eigenvalue weighted by Gasteiger charge is -2.05. The van der Waals surface area contributed by atoms with Crippen LogP contribution in [0.15, 0.2) is 0 Å². The van der Waals surface area contributed by atoms with Gasteiger partial charge in [0.05, 0.1) is 6.54 Å². The van der Waals surface area contributed by atoms with Gasteiger partial charge in [-0.05, 0) is 29.8 Å². The first kappa shape index (κ1) is 14.1. The normalized spacial score (nSPS) is 10.9. The Labute approximate surface area is 103 Å². The number of aromatic nitrogens is 4. The Hall–Kier alpha value is -1.01. The molecule has 0 atom stereocenters. The van der Waals surface area contributed by atoms with Gasteiger partial charge in [0, 0.05) is 19.8 Å². The number of tetrazole rings is 1. The number of ether oxygens (including phenoxy) is 1. The quantitative estimate of drug-likeness (QED) is 0.619. The Morgan fingerprint density at radius 2 is 2.06 bits per heavy atom. The molecule has 6 heteroatoms. The van der Waals surface area contributed by atoms with Gasteiger partial charge in [-0.25, -0.2) is 4.68 Å². The summed E-state index contributed by atoms with van der Waals surface area (Å²) in [7, 11) is 0. The summed E-state index contributed by atoms with van der Waals surface area (Å²) in [6, 6.07) is 0. The molecular weight excluding hydrogens is 218 g/mol. The van der Waals surface area contributed by atoms with E-state index in [2.05, 4.69) is 34.7 Å². The molecule has 0 spiro atoms. The maximum Gasteiger partial charge on any atom is 0.165 e. The molecule has 1 heterocycles.